The third-order valence-corrected chi connectivity index (χ3v) is 1.91. The largest absolute Gasteiger partial charge is 0.492 e. The number of rotatable bonds is 3. The van der Waals surface area contributed by atoms with Crippen LogP contribution in [0.5, 0.6) is 0 Å². The summed E-state index contributed by atoms with van der Waals surface area (Å²) in [6.07, 6.45) is -5.02. The number of ether oxygens (including phenoxy) is 1. The van der Waals surface area contributed by atoms with Crippen LogP contribution in [0.25, 0.3) is 0 Å². The van der Waals surface area contributed by atoms with Crippen LogP contribution >= 0.6 is 0 Å². The van der Waals surface area contributed by atoms with Crippen molar-refractivity contribution >= 4 is 11.9 Å². The van der Waals surface area contributed by atoms with Crippen LogP contribution in [0, 0.1) is 5.92 Å². The van der Waals surface area contributed by atoms with Crippen LogP contribution in [-0.2, 0) is 19.2 Å². The zero-order valence-corrected chi connectivity index (χ0v) is 8.41. The molecule has 0 radical (unpaired) electrons. The van der Waals surface area contributed by atoms with Gasteiger partial charge in [0.1, 0.15) is 0 Å². The van der Waals surface area contributed by atoms with Gasteiger partial charge in [-0.15, -0.1) is 5.06 Å². The fraction of sp³-hybridized carbons (Fsp3) is 0.750. The second-order valence-corrected chi connectivity index (χ2v) is 3.17. The summed E-state index contributed by atoms with van der Waals surface area (Å²) in [6, 6.07) is 0. The lowest BCUT2D eigenvalue weighted by Crippen LogP contribution is -2.52. The predicted octanol–water partition coefficient (Wildman–Crippen LogP) is 0.502. The van der Waals surface area contributed by atoms with Crippen molar-refractivity contribution in [2.75, 3.05) is 19.7 Å². The number of nitrogens with zero attached hydrogens (tertiary/aromatic N) is 1. The van der Waals surface area contributed by atoms with Crippen LogP contribution < -0.4 is 0 Å². The topological polar surface area (TPSA) is 55.8 Å². The van der Waals surface area contributed by atoms with Gasteiger partial charge >= 0.3 is 18.1 Å². The second-order valence-electron chi connectivity index (χ2n) is 3.17. The minimum Gasteiger partial charge on any atom is -0.466 e. The SMILES string of the molecule is CCOC(=O)C1CN(OC(=O)C(F)(F)F)C1. The lowest BCUT2D eigenvalue weighted by atomic mass is 10.0. The molecule has 1 aliphatic heterocycles. The molecule has 8 heteroatoms. The van der Waals surface area contributed by atoms with Gasteiger partial charge in [0.15, 0.2) is 0 Å². The standard InChI is InChI=1S/C8H10F3NO4/c1-2-15-6(13)5-3-12(4-5)16-7(14)8(9,10)11/h5H,2-4H2,1H3. The molecule has 92 valence electrons. The number of carbonyl (C=O) groups excluding carboxylic acids is 2. The Balaban J connectivity index is 2.27. The summed E-state index contributed by atoms with van der Waals surface area (Å²) in [4.78, 5) is 25.4. The van der Waals surface area contributed by atoms with Crippen molar-refractivity contribution in [3.8, 4) is 0 Å². The molecule has 0 atom stereocenters. The molecular formula is C8H10F3NO4. The van der Waals surface area contributed by atoms with Gasteiger partial charge in [-0.1, -0.05) is 0 Å². The van der Waals surface area contributed by atoms with E-state index in [0.29, 0.717) is 0 Å². The van der Waals surface area contributed by atoms with E-state index in [-0.39, 0.29) is 19.7 Å². The number of alkyl halides is 3. The predicted molar refractivity (Wildman–Crippen MR) is 43.8 cm³/mol. The van der Waals surface area contributed by atoms with E-state index in [2.05, 4.69) is 9.57 Å². The molecule has 0 aromatic rings. The van der Waals surface area contributed by atoms with E-state index in [4.69, 9.17) is 0 Å². The number of carbonyl (C=O) groups is 2. The Labute approximate surface area is 89.0 Å². The Hall–Kier alpha value is -1.31. The van der Waals surface area contributed by atoms with Crippen LogP contribution in [-0.4, -0.2) is 42.9 Å². The molecule has 0 amide bonds. The van der Waals surface area contributed by atoms with Gasteiger partial charge in [0.25, 0.3) is 0 Å². The molecule has 0 aromatic carbocycles. The average Bonchev–Trinajstić information content (AvgIpc) is 2.08. The van der Waals surface area contributed by atoms with Gasteiger partial charge in [-0.25, -0.2) is 4.79 Å². The summed E-state index contributed by atoms with van der Waals surface area (Å²) < 4.78 is 39.9. The van der Waals surface area contributed by atoms with Crippen molar-refractivity contribution in [3.63, 3.8) is 0 Å². The number of hydrogen-bond acceptors (Lipinski definition) is 5. The molecule has 1 fully saturated rings. The number of hydroxylamine groups is 2. The molecule has 0 bridgehead atoms. The highest BCUT2D eigenvalue weighted by molar-refractivity contribution is 5.76. The highest BCUT2D eigenvalue weighted by Crippen LogP contribution is 2.22. The first kappa shape index (κ1) is 12.8. The van der Waals surface area contributed by atoms with Crippen molar-refractivity contribution in [1.82, 2.24) is 5.06 Å². The zero-order chi connectivity index (χ0) is 12.3. The van der Waals surface area contributed by atoms with E-state index < -0.39 is 24.0 Å². The highest BCUT2D eigenvalue weighted by atomic mass is 19.4. The molecule has 0 saturated carbocycles. The minimum absolute atomic E-state index is 0.0688. The van der Waals surface area contributed by atoms with Gasteiger partial charge in [0.05, 0.1) is 12.5 Å². The summed E-state index contributed by atoms with van der Waals surface area (Å²) in [5.41, 5.74) is 0. The molecule has 0 N–H and O–H groups in total. The minimum atomic E-state index is -5.02. The molecule has 1 aliphatic rings. The first-order valence-electron chi connectivity index (χ1n) is 4.55. The molecular weight excluding hydrogens is 231 g/mol. The van der Waals surface area contributed by atoms with Crippen molar-refractivity contribution in [2.24, 2.45) is 5.92 Å². The maximum Gasteiger partial charge on any atom is 0.492 e. The Kier molecular flexibility index (Phi) is 3.74. The maximum atomic E-state index is 11.8. The van der Waals surface area contributed by atoms with E-state index in [1.807, 2.05) is 0 Å². The van der Waals surface area contributed by atoms with Gasteiger partial charge in [0.2, 0.25) is 0 Å². The summed E-state index contributed by atoms with van der Waals surface area (Å²) >= 11 is 0. The van der Waals surface area contributed by atoms with Crippen LogP contribution in [0.2, 0.25) is 0 Å². The Morgan fingerprint density at radius 2 is 1.94 bits per heavy atom. The van der Waals surface area contributed by atoms with Crippen LogP contribution in [0.1, 0.15) is 6.92 Å². The zero-order valence-electron chi connectivity index (χ0n) is 8.41. The van der Waals surface area contributed by atoms with Crippen LogP contribution in [0.3, 0.4) is 0 Å². The Morgan fingerprint density at radius 3 is 2.38 bits per heavy atom. The maximum absolute atomic E-state index is 11.8. The molecule has 0 unspecified atom stereocenters. The van der Waals surface area contributed by atoms with E-state index in [9.17, 15) is 22.8 Å². The third-order valence-electron chi connectivity index (χ3n) is 1.91. The first-order valence-corrected chi connectivity index (χ1v) is 4.55. The van der Waals surface area contributed by atoms with Gasteiger partial charge < -0.3 is 9.57 Å². The van der Waals surface area contributed by atoms with Crippen LogP contribution in [0.15, 0.2) is 0 Å². The summed E-state index contributed by atoms with van der Waals surface area (Å²) in [7, 11) is 0. The van der Waals surface area contributed by atoms with Crippen molar-refractivity contribution in [1.29, 1.82) is 0 Å². The quantitative estimate of drug-likeness (QED) is 0.673. The van der Waals surface area contributed by atoms with Gasteiger partial charge in [0, 0.05) is 13.1 Å². The van der Waals surface area contributed by atoms with E-state index in [1.165, 1.54) is 0 Å². The van der Waals surface area contributed by atoms with E-state index >= 15 is 0 Å². The van der Waals surface area contributed by atoms with E-state index in [1.54, 1.807) is 6.92 Å². The highest BCUT2D eigenvalue weighted by Gasteiger charge is 2.45. The second kappa shape index (κ2) is 4.69. The smallest absolute Gasteiger partial charge is 0.466 e. The lowest BCUT2D eigenvalue weighted by Gasteiger charge is -2.35. The van der Waals surface area contributed by atoms with Crippen molar-refractivity contribution in [2.45, 2.75) is 13.1 Å². The van der Waals surface area contributed by atoms with E-state index in [0.717, 1.165) is 5.06 Å². The molecule has 0 aliphatic carbocycles. The lowest BCUT2D eigenvalue weighted by molar-refractivity contribution is -0.259. The fourth-order valence-corrected chi connectivity index (χ4v) is 1.09. The molecule has 16 heavy (non-hydrogen) atoms. The summed E-state index contributed by atoms with van der Waals surface area (Å²) in [5.74, 6) is -3.31. The van der Waals surface area contributed by atoms with Gasteiger partial charge in [-0.3, -0.25) is 4.79 Å². The first-order chi connectivity index (χ1) is 7.34. The van der Waals surface area contributed by atoms with Gasteiger partial charge in [-0.2, -0.15) is 13.2 Å². The molecule has 0 spiro atoms. The fourth-order valence-electron chi connectivity index (χ4n) is 1.09. The van der Waals surface area contributed by atoms with Crippen molar-refractivity contribution in [3.05, 3.63) is 0 Å². The summed E-state index contributed by atoms with van der Waals surface area (Å²) in [6.45, 7) is 1.69. The van der Waals surface area contributed by atoms with Crippen LogP contribution in [0.4, 0.5) is 13.2 Å². The van der Waals surface area contributed by atoms with Gasteiger partial charge in [-0.05, 0) is 6.92 Å². The molecule has 1 saturated heterocycles. The number of esters is 1. The average molecular weight is 241 g/mol. The monoisotopic (exact) mass is 241 g/mol. The Bertz CT molecular complexity index is 285. The number of hydrogen-bond donors (Lipinski definition) is 0. The molecule has 0 aromatic heterocycles. The normalized spacial score (nSPS) is 17.8. The Morgan fingerprint density at radius 1 is 1.38 bits per heavy atom. The summed E-state index contributed by atoms with van der Waals surface area (Å²) in [5, 5.41) is 0.775. The third kappa shape index (κ3) is 3.09. The number of halogens is 3. The molecule has 1 heterocycles. The molecule has 5 nitrogen and oxygen atoms in total. The van der Waals surface area contributed by atoms with Crippen molar-refractivity contribution < 1.29 is 32.3 Å². The molecule has 1 rings (SSSR count).